The number of hydrogen-bond acceptors (Lipinski definition) is 5. The van der Waals surface area contributed by atoms with Gasteiger partial charge in [0.2, 0.25) is 11.8 Å². The third-order valence-corrected chi connectivity index (χ3v) is 6.17. The summed E-state index contributed by atoms with van der Waals surface area (Å²) in [7, 11) is 0. The molecule has 2 atom stereocenters. The Hall–Kier alpha value is -2.48. The lowest BCUT2D eigenvalue weighted by Gasteiger charge is -2.34. The molecule has 0 spiro atoms. The molecular formula is C29H47N3O4S. The van der Waals surface area contributed by atoms with E-state index in [2.05, 4.69) is 43.7 Å². The first-order chi connectivity index (χ1) is 17.6. The van der Waals surface area contributed by atoms with E-state index in [0.717, 1.165) is 50.5 Å². The van der Waals surface area contributed by atoms with Gasteiger partial charge >= 0.3 is 6.09 Å². The quantitative estimate of drug-likeness (QED) is 0.182. The number of hydrogen-bond donors (Lipinski definition) is 3. The molecule has 0 saturated heterocycles. The van der Waals surface area contributed by atoms with Crippen LogP contribution in [-0.4, -0.2) is 53.3 Å². The predicted molar refractivity (Wildman–Crippen MR) is 155 cm³/mol. The highest BCUT2D eigenvalue weighted by Gasteiger charge is 2.35. The molecule has 0 aliphatic rings. The molecule has 7 nitrogen and oxygen atoms in total. The van der Waals surface area contributed by atoms with Gasteiger partial charge in [-0.1, -0.05) is 76.8 Å². The number of unbranched alkanes of at least 4 members (excludes halogenated alkanes) is 5. The van der Waals surface area contributed by atoms with Gasteiger partial charge in [0.1, 0.15) is 17.7 Å². The summed E-state index contributed by atoms with van der Waals surface area (Å²) >= 11 is 4.35. The number of carbonyl (C=O) groups excluding carboxylic acids is 3. The van der Waals surface area contributed by atoms with Gasteiger partial charge in [0.15, 0.2) is 0 Å². The smallest absolute Gasteiger partial charge is 0.408 e. The zero-order valence-electron chi connectivity index (χ0n) is 23.3. The molecule has 0 bridgehead atoms. The summed E-state index contributed by atoms with van der Waals surface area (Å²) in [6, 6.07) is 5.70. The zero-order valence-corrected chi connectivity index (χ0v) is 24.2. The van der Waals surface area contributed by atoms with Crippen molar-refractivity contribution in [3.05, 3.63) is 42.0 Å². The molecule has 1 rings (SSSR count). The van der Waals surface area contributed by atoms with Crippen molar-refractivity contribution >= 4 is 36.6 Å². The fourth-order valence-electron chi connectivity index (χ4n) is 3.90. The minimum absolute atomic E-state index is 0.0707. The average Bonchev–Trinajstić information content (AvgIpc) is 2.85. The highest BCUT2D eigenvalue weighted by Crippen LogP contribution is 2.25. The van der Waals surface area contributed by atoms with E-state index in [0.29, 0.717) is 18.7 Å². The monoisotopic (exact) mass is 533 g/mol. The van der Waals surface area contributed by atoms with Crippen LogP contribution in [0.4, 0.5) is 4.79 Å². The molecular weight excluding hydrogens is 486 g/mol. The van der Waals surface area contributed by atoms with Crippen LogP contribution in [0.15, 0.2) is 30.8 Å². The summed E-state index contributed by atoms with van der Waals surface area (Å²) in [4.78, 5) is 41.5. The summed E-state index contributed by atoms with van der Waals surface area (Å²) in [5.41, 5.74) is 0.848. The Morgan fingerprint density at radius 3 is 2.35 bits per heavy atom. The topological polar surface area (TPSA) is 87.7 Å². The summed E-state index contributed by atoms with van der Waals surface area (Å²) in [6.45, 7) is 14.2. The van der Waals surface area contributed by atoms with Gasteiger partial charge in [0.25, 0.3) is 0 Å². The molecule has 3 amide bonds. The van der Waals surface area contributed by atoms with Gasteiger partial charge in [-0.2, -0.15) is 12.6 Å². The Morgan fingerprint density at radius 2 is 1.76 bits per heavy atom. The molecule has 0 aliphatic heterocycles. The minimum Gasteiger partial charge on any atom is -0.444 e. The van der Waals surface area contributed by atoms with E-state index < -0.39 is 23.8 Å². The van der Waals surface area contributed by atoms with Gasteiger partial charge in [-0.25, -0.2) is 4.79 Å². The summed E-state index contributed by atoms with van der Waals surface area (Å²) in [5.74, 6) is -0.538. The van der Waals surface area contributed by atoms with Crippen molar-refractivity contribution in [2.24, 2.45) is 0 Å². The number of ether oxygens (including phenoxy) is 1. The van der Waals surface area contributed by atoms with Crippen molar-refractivity contribution in [2.45, 2.75) is 97.2 Å². The van der Waals surface area contributed by atoms with Gasteiger partial charge in [0.05, 0.1) is 0 Å². The third kappa shape index (κ3) is 12.1. The number of nitrogens with one attached hydrogen (secondary N) is 2. The van der Waals surface area contributed by atoms with Crippen LogP contribution >= 0.6 is 12.6 Å². The molecule has 8 heteroatoms. The van der Waals surface area contributed by atoms with Crippen molar-refractivity contribution in [3.63, 3.8) is 0 Å². The van der Waals surface area contributed by atoms with Crippen LogP contribution in [0, 0.1) is 0 Å². The number of amides is 3. The highest BCUT2D eigenvalue weighted by molar-refractivity contribution is 7.80. The maximum Gasteiger partial charge on any atom is 0.408 e. The Bertz CT molecular complexity index is 869. The minimum atomic E-state index is -0.942. The second kappa shape index (κ2) is 17.1. The first-order valence-electron chi connectivity index (χ1n) is 13.5. The van der Waals surface area contributed by atoms with Crippen molar-refractivity contribution in [2.75, 3.05) is 18.8 Å². The largest absolute Gasteiger partial charge is 0.444 e. The maximum atomic E-state index is 13.9. The number of benzene rings is 1. The van der Waals surface area contributed by atoms with Crippen molar-refractivity contribution in [1.29, 1.82) is 0 Å². The number of alkyl carbamates (subject to hydrolysis) is 1. The second-order valence-corrected chi connectivity index (χ2v) is 10.6. The second-order valence-electron chi connectivity index (χ2n) is 10.2. The Balaban J connectivity index is 3.37. The molecule has 2 N–H and O–H groups in total. The molecule has 0 aromatic heterocycles. The van der Waals surface area contributed by atoms with E-state index >= 15 is 0 Å². The van der Waals surface area contributed by atoms with E-state index in [4.69, 9.17) is 4.74 Å². The predicted octanol–water partition coefficient (Wildman–Crippen LogP) is 5.91. The summed E-state index contributed by atoms with van der Waals surface area (Å²) in [6.07, 6.45) is 7.79. The van der Waals surface area contributed by atoms with Gasteiger partial charge < -0.3 is 20.3 Å². The highest BCUT2D eigenvalue weighted by atomic mass is 32.1. The van der Waals surface area contributed by atoms with Crippen LogP contribution in [-0.2, 0) is 14.3 Å². The van der Waals surface area contributed by atoms with Gasteiger partial charge in [-0.3, -0.25) is 9.59 Å². The molecule has 2 unspecified atom stereocenters. The fraction of sp³-hybridized carbons (Fsp3) is 0.621. The zero-order chi connectivity index (χ0) is 27.8. The summed E-state index contributed by atoms with van der Waals surface area (Å²) < 4.78 is 5.37. The van der Waals surface area contributed by atoms with Crippen LogP contribution < -0.4 is 10.6 Å². The van der Waals surface area contributed by atoms with Crippen LogP contribution in [0.5, 0.6) is 0 Å². The van der Waals surface area contributed by atoms with Crippen molar-refractivity contribution in [3.8, 4) is 0 Å². The van der Waals surface area contributed by atoms with E-state index in [9.17, 15) is 14.4 Å². The van der Waals surface area contributed by atoms with Crippen LogP contribution in [0.2, 0.25) is 0 Å². The lowest BCUT2D eigenvalue weighted by Crippen LogP contribution is -2.54. The average molecular weight is 534 g/mol. The molecule has 0 radical (unpaired) electrons. The molecule has 1 aromatic rings. The van der Waals surface area contributed by atoms with E-state index in [1.807, 2.05) is 24.3 Å². The summed E-state index contributed by atoms with van der Waals surface area (Å²) in [5, 5.41) is 5.66. The van der Waals surface area contributed by atoms with E-state index in [1.165, 1.54) is 0 Å². The molecule has 0 aliphatic carbocycles. The Kier molecular flexibility index (Phi) is 15.0. The molecule has 0 saturated carbocycles. The van der Waals surface area contributed by atoms with Crippen molar-refractivity contribution < 1.29 is 19.1 Å². The number of carbonyl (C=O) groups is 3. The lowest BCUT2D eigenvalue weighted by molar-refractivity contribution is -0.142. The lowest BCUT2D eigenvalue weighted by atomic mass is 9.99. The molecule has 37 heavy (non-hydrogen) atoms. The number of thiol groups is 1. The van der Waals surface area contributed by atoms with Gasteiger partial charge in [-0.15, -0.1) is 0 Å². The van der Waals surface area contributed by atoms with Gasteiger partial charge in [-0.05, 0) is 50.8 Å². The molecule has 1 aromatic carbocycles. The molecule has 0 heterocycles. The van der Waals surface area contributed by atoms with E-state index in [1.54, 1.807) is 31.7 Å². The Morgan fingerprint density at radius 1 is 1.08 bits per heavy atom. The normalized spacial score (nSPS) is 12.8. The molecule has 0 fully saturated rings. The molecule has 208 valence electrons. The first kappa shape index (κ1) is 32.5. The number of rotatable bonds is 16. The van der Waals surface area contributed by atoms with Crippen LogP contribution in [0.3, 0.4) is 0 Å². The van der Waals surface area contributed by atoms with Crippen LogP contribution in [0.25, 0.3) is 6.08 Å². The van der Waals surface area contributed by atoms with E-state index in [-0.39, 0.29) is 17.6 Å². The maximum absolute atomic E-state index is 13.9. The van der Waals surface area contributed by atoms with Crippen molar-refractivity contribution in [1.82, 2.24) is 15.5 Å². The van der Waals surface area contributed by atoms with Gasteiger partial charge in [0, 0.05) is 18.8 Å². The fourth-order valence-corrected chi connectivity index (χ4v) is 4.15. The number of nitrogens with zero attached hydrogens (tertiary/aromatic N) is 1. The SMILES string of the molecule is C=Cc1cccc(C(C(=O)NCCCC)N(CCCCCCC)C(=O)C(CS)NC(=O)OC(C)(C)C)c1. The Labute approximate surface area is 229 Å². The van der Waals surface area contributed by atoms with Crippen LogP contribution in [0.1, 0.15) is 96.7 Å². The standard InChI is InChI=1S/C29H47N3O4S/c1-7-10-12-13-14-19-32(27(34)24(21-37)31-28(35)36-29(4,5)6)25(26(33)30-18-11-8-2)23-17-15-16-22(9-3)20-23/h9,15-17,20,24-25,37H,3,7-8,10-14,18-19,21H2,1-2,4-6H3,(H,30,33)(H,31,35). The first-order valence-corrected chi connectivity index (χ1v) is 14.1. The third-order valence-electron chi connectivity index (χ3n) is 5.81.